The Balaban J connectivity index is 1.65. The molecule has 22 heavy (non-hydrogen) atoms. The van der Waals surface area contributed by atoms with E-state index in [0.717, 1.165) is 12.8 Å². The molecule has 2 heteroatoms. The van der Waals surface area contributed by atoms with Crippen LogP contribution in [-0.2, 0) is 0 Å². The molecule has 0 aromatic heterocycles. The van der Waals surface area contributed by atoms with Crippen molar-refractivity contribution < 1.29 is 8.78 Å². The summed E-state index contributed by atoms with van der Waals surface area (Å²) in [4.78, 5) is 0. The van der Waals surface area contributed by atoms with Gasteiger partial charge in [0, 0.05) is 12.3 Å². The smallest absolute Gasteiger partial charge is 0.207 e. The van der Waals surface area contributed by atoms with Gasteiger partial charge in [0.15, 0.2) is 0 Å². The van der Waals surface area contributed by atoms with Gasteiger partial charge in [-0.15, -0.1) is 0 Å². The Morgan fingerprint density at radius 2 is 1.55 bits per heavy atom. The second kappa shape index (κ2) is 6.06. The molecule has 4 aliphatic carbocycles. The van der Waals surface area contributed by atoms with Crippen molar-refractivity contribution in [2.24, 2.45) is 22.7 Å². The van der Waals surface area contributed by atoms with Crippen LogP contribution in [0.4, 0.5) is 8.78 Å². The molecule has 0 spiro atoms. The summed E-state index contributed by atoms with van der Waals surface area (Å²) in [6.45, 7) is 4.21. The zero-order valence-corrected chi connectivity index (χ0v) is 14.6. The standard InChI is InChI=1S/C20H34F2/c1-3-5-8-18-9-12-19(13-10-18,14-11-18)17-7-6-16(4-2)20(21,22)15-17/h16-17H,3-15H2,1-2H3. The van der Waals surface area contributed by atoms with Gasteiger partial charge in [0.2, 0.25) is 0 Å². The number of hydrogen-bond acceptors (Lipinski definition) is 0. The third-order valence-corrected chi connectivity index (χ3v) is 7.86. The van der Waals surface area contributed by atoms with Crippen LogP contribution in [0.5, 0.6) is 0 Å². The quantitative estimate of drug-likeness (QED) is 0.513. The number of hydrogen-bond donors (Lipinski definition) is 0. The number of halogens is 2. The minimum atomic E-state index is -2.40. The molecule has 0 nitrogen and oxygen atoms in total. The summed E-state index contributed by atoms with van der Waals surface area (Å²) >= 11 is 0. The number of fused-ring (bicyclic) bond motifs is 3. The Hall–Kier alpha value is -0.140. The van der Waals surface area contributed by atoms with Gasteiger partial charge in [-0.3, -0.25) is 0 Å². The summed E-state index contributed by atoms with van der Waals surface area (Å²) in [7, 11) is 0. The van der Waals surface area contributed by atoms with E-state index in [1.54, 1.807) is 0 Å². The third-order valence-electron chi connectivity index (χ3n) is 7.86. The Kier molecular flexibility index (Phi) is 4.60. The second-order valence-corrected chi connectivity index (χ2v) is 8.81. The van der Waals surface area contributed by atoms with Crippen LogP contribution < -0.4 is 0 Å². The third kappa shape index (κ3) is 2.84. The number of alkyl halides is 2. The molecule has 4 saturated carbocycles. The zero-order chi connectivity index (χ0) is 15.8. The van der Waals surface area contributed by atoms with Gasteiger partial charge in [-0.05, 0) is 81.0 Å². The Labute approximate surface area is 135 Å². The fourth-order valence-corrected chi connectivity index (χ4v) is 6.07. The SMILES string of the molecule is CCCCC12CCC(C3CCC(CC)C(F)(F)C3)(CC1)CC2. The van der Waals surface area contributed by atoms with E-state index in [0.29, 0.717) is 17.8 Å². The Bertz CT molecular complexity index is 363. The molecule has 0 heterocycles. The van der Waals surface area contributed by atoms with Crippen LogP contribution in [0.25, 0.3) is 0 Å². The molecule has 128 valence electrons. The highest BCUT2D eigenvalue weighted by molar-refractivity contribution is 5.04. The van der Waals surface area contributed by atoms with E-state index in [9.17, 15) is 8.78 Å². The lowest BCUT2D eigenvalue weighted by Crippen LogP contribution is -2.49. The molecular formula is C20H34F2. The summed E-state index contributed by atoms with van der Waals surface area (Å²) in [5.41, 5.74) is 0.886. The average Bonchev–Trinajstić information content (AvgIpc) is 2.54. The Morgan fingerprint density at radius 1 is 0.909 bits per heavy atom. The van der Waals surface area contributed by atoms with E-state index in [-0.39, 0.29) is 17.8 Å². The maximum absolute atomic E-state index is 14.4. The lowest BCUT2D eigenvalue weighted by Gasteiger charge is -2.58. The normalized spacial score (nSPS) is 44.2. The highest BCUT2D eigenvalue weighted by atomic mass is 19.3. The summed E-state index contributed by atoms with van der Waals surface area (Å²) in [6, 6.07) is 0. The molecule has 0 radical (unpaired) electrons. The summed E-state index contributed by atoms with van der Waals surface area (Å²) in [5.74, 6) is -2.45. The average molecular weight is 312 g/mol. The predicted octanol–water partition coefficient (Wildman–Crippen LogP) is 6.98. The highest BCUT2D eigenvalue weighted by Gasteiger charge is 2.55. The molecule has 2 unspecified atom stereocenters. The van der Waals surface area contributed by atoms with Gasteiger partial charge < -0.3 is 0 Å². The van der Waals surface area contributed by atoms with E-state index in [1.165, 1.54) is 57.8 Å². The Morgan fingerprint density at radius 3 is 2.05 bits per heavy atom. The van der Waals surface area contributed by atoms with Crippen LogP contribution in [0.3, 0.4) is 0 Å². The van der Waals surface area contributed by atoms with Gasteiger partial charge in [0.1, 0.15) is 0 Å². The molecule has 4 fully saturated rings. The van der Waals surface area contributed by atoms with Crippen LogP contribution in [0.1, 0.15) is 97.3 Å². The molecule has 0 aromatic rings. The van der Waals surface area contributed by atoms with E-state index in [2.05, 4.69) is 6.92 Å². The first kappa shape index (κ1) is 16.7. The van der Waals surface area contributed by atoms with Crippen molar-refractivity contribution in [3.05, 3.63) is 0 Å². The van der Waals surface area contributed by atoms with Crippen LogP contribution in [-0.4, -0.2) is 5.92 Å². The van der Waals surface area contributed by atoms with Crippen LogP contribution >= 0.6 is 0 Å². The molecular weight excluding hydrogens is 278 g/mol. The predicted molar refractivity (Wildman–Crippen MR) is 88.2 cm³/mol. The first-order valence-corrected chi connectivity index (χ1v) is 9.83. The number of unbranched alkanes of at least 4 members (excludes halogenated alkanes) is 1. The van der Waals surface area contributed by atoms with Gasteiger partial charge in [0.25, 0.3) is 5.92 Å². The zero-order valence-electron chi connectivity index (χ0n) is 14.6. The number of rotatable bonds is 5. The molecule has 0 N–H and O–H groups in total. The molecule has 2 bridgehead atoms. The van der Waals surface area contributed by atoms with Crippen molar-refractivity contribution in [2.75, 3.05) is 0 Å². The lowest BCUT2D eigenvalue weighted by molar-refractivity contribution is -0.146. The minimum Gasteiger partial charge on any atom is -0.207 e. The minimum absolute atomic E-state index is 0.188. The van der Waals surface area contributed by atoms with Crippen molar-refractivity contribution in [1.29, 1.82) is 0 Å². The van der Waals surface area contributed by atoms with Crippen LogP contribution in [0.2, 0.25) is 0 Å². The van der Waals surface area contributed by atoms with Gasteiger partial charge in [-0.2, -0.15) is 0 Å². The van der Waals surface area contributed by atoms with Crippen LogP contribution in [0.15, 0.2) is 0 Å². The van der Waals surface area contributed by atoms with Crippen molar-refractivity contribution in [3.8, 4) is 0 Å². The monoisotopic (exact) mass is 312 g/mol. The fourth-order valence-electron chi connectivity index (χ4n) is 6.07. The molecule has 0 aliphatic heterocycles. The van der Waals surface area contributed by atoms with E-state index in [4.69, 9.17) is 0 Å². The lowest BCUT2D eigenvalue weighted by atomic mass is 9.47. The largest absolute Gasteiger partial charge is 0.251 e. The van der Waals surface area contributed by atoms with Crippen LogP contribution in [0, 0.1) is 22.7 Å². The van der Waals surface area contributed by atoms with Crippen molar-refractivity contribution in [2.45, 2.75) is 103 Å². The van der Waals surface area contributed by atoms with Crippen molar-refractivity contribution >= 4 is 0 Å². The molecule has 4 aliphatic rings. The maximum atomic E-state index is 14.4. The van der Waals surface area contributed by atoms with Crippen molar-refractivity contribution in [3.63, 3.8) is 0 Å². The van der Waals surface area contributed by atoms with Gasteiger partial charge in [0.05, 0.1) is 0 Å². The van der Waals surface area contributed by atoms with Gasteiger partial charge in [-0.1, -0.05) is 26.7 Å². The summed E-state index contributed by atoms with van der Waals surface area (Å²) in [5, 5.41) is 0. The fraction of sp³-hybridized carbons (Fsp3) is 1.00. The molecule has 0 amide bonds. The maximum Gasteiger partial charge on any atom is 0.251 e. The molecule has 4 rings (SSSR count). The van der Waals surface area contributed by atoms with Gasteiger partial charge in [-0.25, -0.2) is 8.78 Å². The highest BCUT2D eigenvalue weighted by Crippen LogP contribution is 2.64. The second-order valence-electron chi connectivity index (χ2n) is 8.81. The molecule has 0 aromatic carbocycles. The van der Waals surface area contributed by atoms with E-state index < -0.39 is 5.92 Å². The topological polar surface area (TPSA) is 0 Å². The van der Waals surface area contributed by atoms with E-state index in [1.807, 2.05) is 6.92 Å². The first-order chi connectivity index (χ1) is 10.5. The summed E-state index contributed by atoms with van der Waals surface area (Å²) < 4.78 is 28.9. The van der Waals surface area contributed by atoms with Crippen molar-refractivity contribution in [1.82, 2.24) is 0 Å². The van der Waals surface area contributed by atoms with E-state index >= 15 is 0 Å². The summed E-state index contributed by atoms with van der Waals surface area (Å²) in [6.07, 6.45) is 14.4. The molecule has 2 atom stereocenters. The molecule has 0 saturated heterocycles. The van der Waals surface area contributed by atoms with Gasteiger partial charge >= 0.3 is 0 Å². The first-order valence-electron chi connectivity index (χ1n) is 9.83.